The van der Waals surface area contributed by atoms with E-state index in [-0.39, 0.29) is 81.6 Å². The average Bonchev–Trinajstić information content (AvgIpc) is 2.45. The first-order valence-electron chi connectivity index (χ1n) is 6.40. The van der Waals surface area contributed by atoms with Crippen molar-refractivity contribution < 1.29 is 25.9 Å². The van der Waals surface area contributed by atoms with Crippen molar-refractivity contribution in [2.75, 3.05) is 11.5 Å². The van der Waals surface area contributed by atoms with Crippen LogP contribution in [0.1, 0.15) is 11.1 Å². The van der Waals surface area contributed by atoms with Gasteiger partial charge in [-0.25, -0.2) is 0 Å². The van der Waals surface area contributed by atoms with E-state index < -0.39 is 30.0 Å². The third kappa shape index (κ3) is 6.64. The summed E-state index contributed by atoms with van der Waals surface area (Å²) >= 11 is 0. The molecular weight excluding hydrogens is 402 g/mol. The van der Waals surface area contributed by atoms with Gasteiger partial charge in [-0.3, -0.25) is 9.11 Å². The number of rotatable bonds is 4. The quantitative estimate of drug-likeness (QED) is 0.237. The van der Waals surface area contributed by atoms with Crippen LogP contribution in [0.5, 0.6) is 0 Å². The van der Waals surface area contributed by atoms with Crippen molar-refractivity contribution in [2.24, 2.45) is 0 Å². The van der Waals surface area contributed by atoms with Gasteiger partial charge >= 0.3 is 59.1 Å². The molecule has 0 saturated carbocycles. The molecule has 0 saturated heterocycles. The van der Waals surface area contributed by atoms with Crippen LogP contribution in [0.3, 0.4) is 0 Å². The van der Waals surface area contributed by atoms with Crippen LogP contribution in [0.4, 0.5) is 11.4 Å². The Bertz CT molecular complexity index is 954. The Morgan fingerprint density at radius 1 is 0.692 bits per heavy atom. The SMILES string of the molecule is Nc1ccc(C=Cc2ccc(N)cc2S(=O)(=O)O)c(S(=O)(=O)O)c1.[NaH].[NaH]. The van der Waals surface area contributed by atoms with Crippen molar-refractivity contribution in [1.29, 1.82) is 0 Å². The Morgan fingerprint density at radius 2 is 1.00 bits per heavy atom. The molecule has 0 aliphatic carbocycles. The number of nitrogens with two attached hydrogens (primary N) is 2. The zero-order chi connectivity index (χ0) is 18.1. The van der Waals surface area contributed by atoms with Gasteiger partial charge < -0.3 is 11.5 Å². The fourth-order valence-corrected chi connectivity index (χ4v) is 3.44. The maximum atomic E-state index is 11.4. The predicted octanol–water partition coefficient (Wildman–Crippen LogP) is 0.218. The molecule has 0 atom stereocenters. The molecule has 6 N–H and O–H groups in total. The van der Waals surface area contributed by atoms with Crippen LogP contribution >= 0.6 is 0 Å². The summed E-state index contributed by atoms with van der Waals surface area (Å²) in [7, 11) is -9.05. The number of nitrogen functional groups attached to an aromatic ring is 2. The second-order valence-electron chi connectivity index (χ2n) is 4.88. The molecule has 0 unspecified atom stereocenters. The summed E-state index contributed by atoms with van der Waals surface area (Å²) in [6.45, 7) is 0. The van der Waals surface area contributed by atoms with Crippen LogP contribution < -0.4 is 11.5 Å². The number of hydrogen-bond donors (Lipinski definition) is 4. The Hall–Kier alpha value is -0.400. The minimum atomic E-state index is -4.52. The van der Waals surface area contributed by atoms with Gasteiger partial charge in [0.1, 0.15) is 9.79 Å². The van der Waals surface area contributed by atoms with E-state index in [0.717, 1.165) is 12.1 Å². The van der Waals surface area contributed by atoms with Crippen molar-refractivity contribution in [2.45, 2.75) is 9.79 Å². The molecule has 0 fully saturated rings. The Kier molecular flexibility index (Phi) is 9.54. The van der Waals surface area contributed by atoms with Crippen molar-refractivity contribution in [3.8, 4) is 0 Å². The zero-order valence-corrected chi connectivity index (χ0v) is 13.8. The van der Waals surface area contributed by atoms with Crippen LogP contribution in [0.2, 0.25) is 0 Å². The van der Waals surface area contributed by atoms with E-state index in [2.05, 4.69) is 0 Å². The van der Waals surface area contributed by atoms with Gasteiger partial charge in [0, 0.05) is 11.4 Å². The van der Waals surface area contributed by atoms with Crippen LogP contribution in [-0.2, 0) is 20.2 Å². The Labute approximate surface area is 195 Å². The number of anilines is 2. The summed E-state index contributed by atoms with van der Waals surface area (Å²) in [5.74, 6) is 0. The third-order valence-corrected chi connectivity index (χ3v) is 4.89. The second kappa shape index (κ2) is 9.69. The summed E-state index contributed by atoms with van der Waals surface area (Å²) in [6, 6.07) is 7.67. The van der Waals surface area contributed by atoms with Crippen molar-refractivity contribution in [1.82, 2.24) is 0 Å². The van der Waals surface area contributed by atoms with Gasteiger partial charge in [-0.05, 0) is 35.4 Å². The van der Waals surface area contributed by atoms with Gasteiger partial charge in [0.05, 0.1) is 0 Å². The van der Waals surface area contributed by atoms with Gasteiger partial charge in [0.2, 0.25) is 0 Å². The molecule has 0 aliphatic heterocycles. The van der Waals surface area contributed by atoms with E-state index in [1.807, 2.05) is 0 Å². The van der Waals surface area contributed by atoms with Crippen molar-refractivity contribution in [3.63, 3.8) is 0 Å². The summed E-state index contributed by atoms with van der Waals surface area (Å²) in [6.07, 6.45) is 2.53. The van der Waals surface area contributed by atoms with Gasteiger partial charge in [-0.2, -0.15) is 16.8 Å². The van der Waals surface area contributed by atoms with E-state index in [9.17, 15) is 25.9 Å². The zero-order valence-electron chi connectivity index (χ0n) is 12.1. The monoisotopic (exact) mass is 418 g/mol. The first-order chi connectivity index (χ1) is 11.0. The van der Waals surface area contributed by atoms with E-state index in [4.69, 9.17) is 11.5 Å². The molecule has 0 aliphatic rings. The van der Waals surface area contributed by atoms with Gasteiger partial charge in [0.15, 0.2) is 0 Å². The molecule has 0 radical (unpaired) electrons. The van der Waals surface area contributed by atoms with Crippen LogP contribution in [-0.4, -0.2) is 85.1 Å². The average molecular weight is 418 g/mol. The number of hydrogen-bond acceptors (Lipinski definition) is 6. The fraction of sp³-hybridized carbons (Fsp3) is 0. The third-order valence-electron chi connectivity index (χ3n) is 3.07. The number of benzene rings is 2. The normalized spacial score (nSPS) is 11.6. The van der Waals surface area contributed by atoms with E-state index in [1.165, 1.54) is 36.4 Å². The molecule has 2 rings (SSSR count). The first kappa shape index (κ1) is 25.6. The van der Waals surface area contributed by atoms with E-state index in [0.29, 0.717) is 0 Å². The Balaban J connectivity index is 0.00000312. The standard InChI is InChI=1S/C14H14N2O6S2.2Na.2H/c15-11-5-3-9(13(7-11)23(17,18)19)1-2-10-4-6-12(16)8-14(10)24(20,21)22;;;;/h1-8H,15-16H2,(H,17,18,19)(H,20,21,22);;;;. The molecule has 0 spiro atoms. The van der Waals surface area contributed by atoms with E-state index in [1.54, 1.807) is 0 Å². The van der Waals surface area contributed by atoms with Crippen molar-refractivity contribution in [3.05, 3.63) is 47.5 Å². The molecule has 0 aromatic heterocycles. The Morgan fingerprint density at radius 3 is 1.27 bits per heavy atom. The second-order valence-corrected chi connectivity index (χ2v) is 7.66. The molecule has 2 aromatic rings. The minimum absolute atomic E-state index is 0. The summed E-state index contributed by atoms with van der Waals surface area (Å²) in [5, 5.41) is 0. The molecule has 26 heavy (non-hydrogen) atoms. The molecular formula is C14H16N2Na2O6S2. The first-order valence-corrected chi connectivity index (χ1v) is 9.28. The van der Waals surface area contributed by atoms with Crippen LogP contribution in [0, 0.1) is 0 Å². The topological polar surface area (TPSA) is 161 Å². The summed E-state index contributed by atoms with van der Waals surface area (Å²) < 4.78 is 64.1. The van der Waals surface area contributed by atoms with Crippen molar-refractivity contribution >= 4 is 103 Å². The fourth-order valence-electron chi connectivity index (χ4n) is 2.00. The molecule has 0 bridgehead atoms. The molecule has 0 heterocycles. The van der Waals surface area contributed by atoms with Gasteiger partial charge in [-0.1, -0.05) is 24.3 Å². The van der Waals surface area contributed by atoms with Crippen LogP contribution in [0.25, 0.3) is 12.2 Å². The summed E-state index contributed by atoms with van der Waals surface area (Å²) in [4.78, 5) is -0.856. The molecule has 2 aromatic carbocycles. The van der Waals surface area contributed by atoms with Gasteiger partial charge in [0.25, 0.3) is 20.2 Å². The molecule has 0 amide bonds. The summed E-state index contributed by atoms with van der Waals surface area (Å²) in [5.41, 5.74) is 11.4. The van der Waals surface area contributed by atoms with E-state index >= 15 is 0 Å². The predicted molar refractivity (Wildman–Crippen MR) is 105 cm³/mol. The molecule has 8 nitrogen and oxygen atoms in total. The molecule has 12 heteroatoms. The maximum absolute atomic E-state index is 11.4. The van der Waals surface area contributed by atoms with Crippen LogP contribution in [0.15, 0.2) is 46.2 Å². The van der Waals surface area contributed by atoms with Gasteiger partial charge in [-0.15, -0.1) is 0 Å². The molecule has 132 valence electrons.